The van der Waals surface area contributed by atoms with Crippen LogP contribution in [-0.4, -0.2) is 19.1 Å². The summed E-state index contributed by atoms with van der Waals surface area (Å²) in [6.45, 7) is 4.16. The lowest BCUT2D eigenvalue weighted by atomic mass is 9.89. The van der Waals surface area contributed by atoms with E-state index < -0.39 is 5.54 Å². The van der Waals surface area contributed by atoms with Crippen LogP contribution in [0.2, 0.25) is 0 Å². The molecule has 2 rings (SSSR count). The van der Waals surface area contributed by atoms with Crippen molar-refractivity contribution in [1.82, 2.24) is 5.32 Å². The largest absolute Gasteiger partial charge is 0.497 e. The SMILES string of the molecule is CCC(C)NC1(C(N)=O)CCc2ccc(OC)cc21. The quantitative estimate of drug-likeness (QED) is 0.849. The Kier molecular flexibility index (Phi) is 3.80. The second-order valence-corrected chi connectivity index (χ2v) is 5.25. The zero-order chi connectivity index (χ0) is 14.0. The molecule has 4 heteroatoms. The molecule has 0 radical (unpaired) electrons. The zero-order valence-electron chi connectivity index (χ0n) is 11.8. The Morgan fingerprint density at radius 3 is 2.89 bits per heavy atom. The van der Waals surface area contributed by atoms with Gasteiger partial charge in [-0.1, -0.05) is 13.0 Å². The summed E-state index contributed by atoms with van der Waals surface area (Å²) in [7, 11) is 1.63. The summed E-state index contributed by atoms with van der Waals surface area (Å²) in [5.74, 6) is 0.456. The van der Waals surface area contributed by atoms with Crippen molar-refractivity contribution in [2.45, 2.75) is 44.7 Å². The van der Waals surface area contributed by atoms with E-state index in [9.17, 15) is 4.79 Å². The number of primary amides is 1. The van der Waals surface area contributed by atoms with Crippen LogP contribution in [0.1, 0.15) is 37.8 Å². The first-order valence-electron chi connectivity index (χ1n) is 6.78. The fraction of sp³-hybridized carbons (Fsp3) is 0.533. The molecule has 4 nitrogen and oxygen atoms in total. The summed E-state index contributed by atoms with van der Waals surface area (Å²) < 4.78 is 5.26. The van der Waals surface area contributed by atoms with Gasteiger partial charge in [-0.3, -0.25) is 10.1 Å². The number of rotatable bonds is 5. The Hall–Kier alpha value is -1.55. The number of carbonyl (C=O) groups is 1. The highest BCUT2D eigenvalue weighted by Crippen LogP contribution is 2.39. The third-order valence-electron chi connectivity index (χ3n) is 4.07. The molecule has 0 aromatic heterocycles. The predicted molar refractivity (Wildman–Crippen MR) is 75.1 cm³/mol. The van der Waals surface area contributed by atoms with Crippen molar-refractivity contribution in [3.63, 3.8) is 0 Å². The first-order chi connectivity index (χ1) is 9.03. The molecule has 2 atom stereocenters. The van der Waals surface area contributed by atoms with Gasteiger partial charge in [-0.15, -0.1) is 0 Å². The number of nitrogens with two attached hydrogens (primary N) is 1. The van der Waals surface area contributed by atoms with Crippen LogP contribution < -0.4 is 15.8 Å². The molecule has 104 valence electrons. The van der Waals surface area contributed by atoms with E-state index in [2.05, 4.69) is 19.2 Å². The van der Waals surface area contributed by atoms with Gasteiger partial charge in [0, 0.05) is 6.04 Å². The zero-order valence-corrected chi connectivity index (χ0v) is 11.8. The van der Waals surface area contributed by atoms with Crippen LogP contribution in [0.3, 0.4) is 0 Å². The van der Waals surface area contributed by atoms with Crippen molar-refractivity contribution >= 4 is 5.91 Å². The van der Waals surface area contributed by atoms with Crippen molar-refractivity contribution in [2.24, 2.45) is 5.73 Å². The van der Waals surface area contributed by atoms with E-state index in [1.165, 1.54) is 5.56 Å². The van der Waals surface area contributed by atoms with E-state index in [-0.39, 0.29) is 11.9 Å². The van der Waals surface area contributed by atoms with E-state index in [1.807, 2.05) is 18.2 Å². The molecule has 1 aliphatic rings. The standard InChI is InChI=1S/C15H22N2O2/c1-4-10(2)17-15(14(16)18)8-7-11-5-6-12(19-3)9-13(11)15/h5-6,9-10,17H,4,7-8H2,1-3H3,(H2,16,18). The van der Waals surface area contributed by atoms with Crippen molar-refractivity contribution in [1.29, 1.82) is 0 Å². The second kappa shape index (κ2) is 5.21. The van der Waals surface area contributed by atoms with Crippen LogP contribution in [0.4, 0.5) is 0 Å². The maximum absolute atomic E-state index is 12.1. The van der Waals surface area contributed by atoms with Gasteiger partial charge in [0.25, 0.3) is 0 Å². The summed E-state index contributed by atoms with van der Waals surface area (Å²) in [5.41, 5.74) is 7.10. The van der Waals surface area contributed by atoms with Crippen molar-refractivity contribution < 1.29 is 9.53 Å². The Bertz CT molecular complexity index is 487. The average Bonchev–Trinajstić information content (AvgIpc) is 2.78. The molecule has 1 aliphatic carbocycles. The summed E-state index contributed by atoms with van der Waals surface area (Å²) in [4.78, 5) is 12.1. The molecule has 3 N–H and O–H groups in total. The average molecular weight is 262 g/mol. The van der Waals surface area contributed by atoms with Crippen molar-refractivity contribution in [2.75, 3.05) is 7.11 Å². The number of benzene rings is 1. The lowest BCUT2D eigenvalue weighted by Gasteiger charge is -2.31. The van der Waals surface area contributed by atoms with Crippen LogP contribution in [0, 0.1) is 0 Å². The Balaban J connectivity index is 2.46. The Morgan fingerprint density at radius 1 is 1.58 bits per heavy atom. The van der Waals surface area contributed by atoms with Crippen LogP contribution in [0.5, 0.6) is 5.75 Å². The lowest BCUT2D eigenvalue weighted by molar-refractivity contribution is -0.125. The minimum absolute atomic E-state index is 0.240. The van der Waals surface area contributed by atoms with Gasteiger partial charge in [0.05, 0.1) is 7.11 Å². The number of carbonyl (C=O) groups excluding carboxylic acids is 1. The first-order valence-corrected chi connectivity index (χ1v) is 6.78. The molecule has 1 aromatic rings. The Labute approximate surface area is 114 Å². The highest BCUT2D eigenvalue weighted by atomic mass is 16.5. The molecule has 19 heavy (non-hydrogen) atoms. The number of hydrogen-bond donors (Lipinski definition) is 2. The lowest BCUT2D eigenvalue weighted by Crippen LogP contribution is -2.54. The number of amides is 1. The summed E-state index contributed by atoms with van der Waals surface area (Å²) in [5, 5.41) is 3.42. The van der Waals surface area contributed by atoms with Crippen LogP contribution in [0.25, 0.3) is 0 Å². The van der Waals surface area contributed by atoms with Crippen molar-refractivity contribution in [3.8, 4) is 5.75 Å². The van der Waals surface area contributed by atoms with E-state index in [4.69, 9.17) is 10.5 Å². The topological polar surface area (TPSA) is 64.3 Å². The maximum Gasteiger partial charge on any atom is 0.242 e. The number of aryl methyl sites for hydroxylation is 1. The third-order valence-corrected chi connectivity index (χ3v) is 4.07. The Morgan fingerprint density at radius 2 is 2.32 bits per heavy atom. The highest BCUT2D eigenvalue weighted by molar-refractivity contribution is 5.88. The summed E-state index contributed by atoms with van der Waals surface area (Å²) >= 11 is 0. The highest BCUT2D eigenvalue weighted by Gasteiger charge is 2.44. The molecule has 0 heterocycles. The van der Waals surface area contributed by atoms with Gasteiger partial charge < -0.3 is 10.5 Å². The van der Waals surface area contributed by atoms with Gasteiger partial charge in [-0.25, -0.2) is 0 Å². The fourth-order valence-corrected chi connectivity index (χ4v) is 2.75. The monoisotopic (exact) mass is 262 g/mol. The fourth-order valence-electron chi connectivity index (χ4n) is 2.75. The van der Waals surface area contributed by atoms with Gasteiger partial charge in [0.1, 0.15) is 11.3 Å². The van der Waals surface area contributed by atoms with Crippen LogP contribution in [-0.2, 0) is 16.8 Å². The molecule has 0 fully saturated rings. The predicted octanol–water partition coefficient (Wildman–Crippen LogP) is 1.71. The normalized spacial score (nSPS) is 22.9. The summed E-state index contributed by atoms with van der Waals surface area (Å²) in [6.07, 6.45) is 2.54. The van der Waals surface area contributed by atoms with Gasteiger partial charge in [0.15, 0.2) is 0 Å². The van der Waals surface area contributed by atoms with E-state index >= 15 is 0 Å². The van der Waals surface area contributed by atoms with Crippen LogP contribution in [0.15, 0.2) is 18.2 Å². The molecule has 1 amide bonds. The molecular formula is C15H22N2O2. The maximum atomic E-state index is 12.1. The molecule has 0 spiro atoms. The minimum Gasteiger partial charge on any atom is -0.497 e. The molecule has 0 bridgehead atoms. The second-order valence-electron chi connectivity index (χ2n) is 5.25. The number of fused-ring (bicyclic) bond motifs is 1. The van der Waals surface area contributed by atoms with Gasteiger partial charge >= 0.3 is 0 Å². The molecule has 0 aliphatic heterocycles. The summed E-state index contributed by atoms with van der Waals surface area (Å²) in [6, 6.07) is 6.13. The third kappa shape index (κ3) is 2.32. The number of hydrogen-bond acceptors (Lipinski definition) is 3. The first kappa shape index (κ1) is 13.9. The smallest absolute Gasteiger partial charge is 0.242 e. The number of ether oxygens (including phenoxy) is 1. The molecule has 0 saturated heterocycles. The van der Waals surface area contributed by atoms with E-state index in [0.29, 0.717) is 0 Å². The minimum atomic E-state index is -0.751. The molecule has 1 aromatic carbocycles. The molecule has 0 saturated carbocycles. The van der Waals surface area contributed by atoms with Gasteiger partial charge in [0.2, 0.25) is 5.91 Å². The number of methoxy groups -OCH3 is 1. The van der Waals surface area contributed by atoms with Crippen LogP contribution >= 0.6 is 0 Å². The van der Waals surface area contributed by atoms with Gasteiger partial charge in [-0.2, -0.15) is 0 Å². The number of nitrogens with one attached hydrogen (secondary N) is 1. The molecule has 2 unspecified atom stereocenters. The van der Waals surface area contributed by atoms with E-state index in [0.717, 1.165) is 30.6 Å². The van der Waals surface area contributed by atoms with E-state index in [1.54, 1.807) is 7.11 Å². The molecular weight excluding hydrogens is 240 g/mol. The van der Waals surface area contributed by atoms with Gasteiger partial charge in [-0.05, 0) is 49.4 Å². The van der Waals surface area contributed by atoms with Crippen molar-refractivity contribution in [3.05, 3.63) is 29.3 Å².